The van der Waals surface area contributed by atoms with E-state index in [1.807, 2.05) is 6.07 Å². The monoisotopic (exact) mass is 221 g/mol. The van der Waals surface area contributed by atoms with E-state index in [1.54, 1.807) is 19.3 Å². The second-order valence-corrected chi connectivity index (χ2v) is 3.40. The molecule has 1 atom stereocenters. The number of carboxylic acid groups (broad SMARTS) is 1. The van der Waals surface area contributed by atoms with Crippen LogP contribution in [0.15, 0.2) is 24.9 Å². The van der Waals surface area contributed by atoms with Crippen LogP contribution in [0.3, 0.4) is 0 Å². The summed E-state index contributed by atoms with van der Waals surface area (Å²) in [6.07, 6.45) is 1.86. The maximum absolute atomic E-state index is 10.6. The lowest BCUT2D eigenvalue weighted by Gasteiger charge is -2.12. The third kappa shape index (κ3) is 2.80. The molecule has 1 unspecified atom stereocenters. The summed E-state index contributed by atoms with van der Waals surface area (Å²) in [6.45, 7) is 3.83. The number of carbonyl (C=O) groups is 1. The number of aliphatic carboxylic acids is 1. The fourth-order valence-electron chi connectivity index (χ4n) is 1.35. The average molecular weight is 221 g/mol. The third-order valence-corrected chi connectivity index (χ3v) is 2.21. The van der Waals surface area contributed by atoms with Crippen molar-refractivity contribution in [3.05, 3.63) is 30.5 Å². The van der Waals surface area contributed by atoms with Crippen LogP contribution in [0.25, 0.3) is 5.57 Å². The molecule has 0 saturated carbocycles. The number of rotatable bonds is 5. The number of aromatic nitrogens is 1. The van der Waals surface area contributed by atoms with Gasteiger partial charge in [-0.15, -0.1) is 0 Å². The highest BCUT2D eigenvalue weighted by molar-refractivity contribution is 5.79. The molecule has 5 heteroatoms. The van der Waals surface area contributed by atoms with Crippen molar-refractivity contribution in [2.45, 2.75) is 12.5 Å². The second kappa shape index (κ2) is 5.27. The number of carboxylic acids is 1. The fraction of sp³-hybridized carbons (Fsp3) is 0.273. The first kappa shape index (κ1) is 12.2. The van der Waals surface area contributed by atoms with Gasteiger partial charge in [0.25, 0.3) is 0 Å². The molecule has 0 saturated heterocycles. The Morgan fingerprint density at radius 3 is 3.00 bits per heavy atom. The highest BCUT2D eigenvalue weighted by atomic mass is 16.4. The lowest BCUT2D eigenvalue weighted by molar-refractivity contribution is -0.138. The van der Waals surface area contributed by atoms with Gasteiger partial charge in [0.15, 0.2) is 0 Å². The van der Waals surface area contributed by atoms with Gasteiger partial charge in [-0.05, 0) is 24.1 Å². The van der Waals surface area contributed by atoms with Crippen LogP contribution in [0.4, 0.5) is 5.82 Å². The molecule has 0 aromatic carbocycles. The predicted molar refractivity (Wildman–Crippen MR) is 63.0 cm³/mol. The SMILES string of the molecule is C=C(CC(N)C(=O)O)c1cccnc1NC. The molecule has 5 nitrogen and oxygen atoms in total. The van der Waals surface area contributed by atoms with Crippen LogP contribution in [0.5, 0.6) is 0 Å². The molecule has 0 bridgehead atoms. The molecule has 0 aliphatic carbocycles. The van der Waals surface area contributed by atoms with Gasteiger partial charge >= 0.3 is 5.97 Å². The number of pyridine rings is 1. The number of hydrogen-bond donors (Lipinski definition) is 3. The molecule has 0 radical (unpaired) electrons. The molecule has 0 aliphatic rings. The molecule has 0 spiro atoms. The minimum Gasteiger partial charge on any atom is -0.480 e. The first-order valence-electron chi connectivity index (χ1n) is 4.85. The summed E-state index contributed by atoms with van der Waals surface area (Å²) < 4.78 is 0. The van der Waals surface area contributed by atoms with E-state index in [9.17, 15) is 4.79 Å². The molecule has 16 heavy (non-hydrogen) atoms. The van der Waals surface area contributed by atoms with Gasteiger partial charge in [-0.3, -0.25) is 4.79 Å². The van der Waals surface area contributed by atoms with E-state index in [1.165, 1.54) is 0 Å². The van der Waals surface area contributed by atoms with Crippen molar-refractivity contribution in [3.8, 4) is 0 Å². The number of nitrogens with zero attached hydrogens (tertiary/aromatic N) is 1. The zero-order valence-corrected chi connectivity index (χ0v) is 9.10. The highest BCUT2D eigenvalue weighted by Crippen LogP contribution is 2.23. The standard InChI is InChI=1S/C11H15N3O2/c1-7(6-9(12)11(15)16)8-4-3-5-14-10(8)13-2/h3-5,9H,1,6,12H2,2H3,(H,13,14)(H,15,16). The molecule has 1 rings (SSSR count). The first-order valence-corrected chi connectivity index (χ1v) is 4.85. The Labute approximate surface area is 94.0 Å². The minimum atomic E-state index is -1.03. The Kier molecular flexibility index (Phi) is 4.02. The molecule has 4 N–H and O–H groups in total. The third-order valence-electron chi connectivity index (χ3n) is 2.21. The fourth-order valence-corrected chi connectivity index (χ4v) is 1.35. The number of nitrogens with two attached hydrogens (primary N) is 1. The van der Waals surface area contributed by atoms with E-state index in [4.69, 9.17) is 10.8 Å². The van der Waals surface area contributed by atoms with Crippen molar-refractivity contribution in [2.75, 3.05) is 12.4 Å². The van der Waals surface area contributed by atoms with Gasteiger partial charge in [0.2, 0.25) is 0 Å². The molecule has 1 aromatic heterocycles. The van der Waals surface area contributed by atoms with Crippen LogP contribution >= 0.6 is 0 Å². The van der Waals surface area contributed by atoms with Crippen LogP contribution in [0.2, 0.25) is 0 Å². The smallest absolute Gasteiger partial charge is 0.320 e. The van der Waals surface area contributed by atoms with Crippen molar-refractivity contribution in [1.82, 2.24) is 4.98 Å². The zero-order valence-electron chi connectivity index (χ0n) is 9.10. The Morgan fingerprint density at radius 2 is 2.44 bits per heavy atom. The van der Waals surface area contributed by atoms with E-state index >= 15 is 0 Å². The predicted octanol–water partition coefficient (Wildman–Crippen LogP) is 0.938. The molecule has 86 valence electrons. The van der Waals surface area contributed by atoms with Gasteiger partial charge in [-0.1, -0.05) is 6.58 Å². The number of anilines is 1. The first-order chi connectivity index (χ1) is 7.56. The van der Waals surface area contributed by atoms with Crippen LogP contribution in [0, 0.1) is 0 Å². The number of hydrogen-bond acceptors (Lipinski definition) is 4. The summed E-state index contributed by atoms with van der Waals surface area (Å²) in [6, 6.07) is 2.67. The van der Waals surface area contributed by atoms with Crippen LogP contribution in [-0.4, -0.2) is 29.1 Å². The average Bonchev–Trinajstić information content (AvgIpc) is 2.28. The van der Waals surface area contributed by atoms with Crippen molar-refractivity contribution < 1.29 is 9.90 Å². The second-order valence-electron chi connectivity index (χ2n) is 3.40. The topological polar surface area (TPSA) is 88.2 Å². The van der Waals surface area contributed by atoms with Crippen molar-refractivity contribution in [3.63, 3.8) is 0 Å². The maximum Gasteiger partial charge on any atom is 0.320 e. The van der Waals surface area contributed by atoms with Gasteiger partial charge in [0.1, 0.15) is 11.9 Å². The lowest BCUT2D eigenvalue weighted by Crippen LogP contribution is -2.30. The molecular formula is C11H15N3O2. The van der Waals surface area contributed by atoms with E-state index in [0.29, 0.717) is 11.4 Å². The maximum atomic E-state index is 10.6. The summed E-state index contributed by atoms with van der Waals surface area (Å²) in [5.41, 5.74) is 6.90. The Bertz CT molecular complexity index is 404. The van der Waals surface area contributed by atoms with Crippen LogP contribution in [-0.2, 0) is 4.79 Å². The summed E-state index contributed by atoms with van der Waals surface area (Å²) in [5.74, 6) is -0.360. The summed E-state index contributed by atoms with van der Waals surface area (Å²) in [5, 5.41) is 11.6. The van der Waals surface area contributed by atoms with Crippen molar-refractivity contribution >= 4 is 17.4 Å². The van der Waals surface area contributed by atoms with Crippen LogP contribution in [0.1, 0.15) is 12.0 Å². The Balaban J connectivity index is 2.84. The molecule has 1 aromatic rings. The highest BCUT2D eigenvalue weighted by Gasteiger charge is 2.15. The molecule has 0 fully saturated rings. The quantitative estimate of drug-likeness (QED) is 0.688. The van der Waals surface area contributed by atoms with Gasteiger partial charge in [-0.25, -0.2) is 4.98 Å². The zero-order chi connectivity index (χ0) is 12.1. The summed E-state index contributed by atoms with van der Waals surface area (Å²) in [7, 11) is 1.75. The van der Waals surface area contributed by atoms with E-state index in [0.717, 1.165) is 5.56 Å². The van der Waals surface area contributed by atoms with E-state index in [2.05, 4.69) is 16.9 Å². The lowest BCUT2D eigenvalue weighted by atomic mass is 10.0. The van der Waals surface area contributed by atoms with Gasteiger partial charge < -0.3 is 16.2 Å². The van der Waals surface area contributed by atoms with Crippen LogP contribution < -0.4 is 11.1 Å². The number of nitrogens with one attached hydrogen (secondary N) is 1. The Hall–Kier alpha value is -1.88. The van der Waals surface area contributed by atoms with E-state index < -0.39 is 12.0 Å². The van der Waals surface area contributed by atoms with Gasteiger partial charge in [0, 0.05) is 18.8 Å². The van der Waals surface area contributed by atoms with Crippen molar-refractivity contribution in [1.29, 1.82) is 0 Å². The molecular weight excluding hydrogens is 206 g/mol. The van der Waals surface area contributed by atoms with E-state index in [-0.39, 0.29) is 6.42 Å². The van der Waals surface area contributed by atoms with Crippen molar-refractivity contribution in [2.24, 2.45) is 5.73 Å². The molecule has 0 amide bonds. The Morgan fingerprint density at radius 1 is 1.75 bits per heavy atom. The van der Waals surface area contributed by atoms with Gasteiger partial charge in [0.05, 0.1) is 0 Å². The molecule has 0 aliphatic heterocycles. The molecule has 1 heterocycles. The summed E-state index contributed by atoms with van der Waals surface area (Å²) >= 11 is 0. The normalized spacial score (nSPS) is 11.9. The van der Waals surface area contributed by atoms with Gasteiger partial charge in [-0.2, -0.15) is 0 Å². The summed E-state index contributed by atoms with van der Waals surface area (Å²) in [4.78, 5) is 14.7. The minimum absolute atomic E-state index is 0.204. The largest absolute Gasteiger partial charge is 0.480 e.